The van der Waals surface area contributed by atoms with Crippen LogP contribution in [0.25, 0.3) is 0 Å². The van der Waals surface area contributed by atoms with Gasteiger partial charge in [0.05, 0.1) is 5.41 Å². The molecule has 7 nitrogen and oxygen atoms in total. The van der Waals surface area contributed by atoms with Gasteiger partial charge in [-0.15, -0.1) is 0 Å². The van der Waals surface area contributed by atoms with Crippen LogP contribution in [-0.4, -0.2) is 65.9 Å². The van der Waals surface area contributed by atoms with E-state index in [0.717, 1.165) is 5.56 Å². The molecule has 2 N–H and O–H groups in total. The topological polar surface area (TPSA) is 81.8 Å². The quantitative estimate of drug-likeness (QED) is 0.692. The summed E-state index contributed by atoms with van der Waals surface area (Å²) < 4.78 is 41.5. The van der Waals surface area contributed by atoms with E-state index in [1.807, 2.05) is 6.07 Å². The normalized spacial score (nSPS) is 31.2. The minimum absolute atomic E-state index is 0.0766. The molecule has 0 aliphatic carbocycles. The molecule has 4 heterocycles. The number of likely N-dealkylation sites (tertiary alicyclic amines) is 1. The molecular formula is C21H23F3N4O3. The van der Waals surface area contributed by atoms with Gasteiger partial charge >= 0.3 is 6.18 Å². The number of halogens is 3. The van der Waals surface area contributed by atoms with E-state index in [0.29, 0.717) is 24.2 Å². The first-order valence-electron chi connectivity index (χ1n) is 10.4. The lowest BCUT2D eigenvalue weighted by Gasteiger charge is -2.31. The Kier molecular flexibility index (Phi) is 4.63. The Morgan fingerprint density at radius 2 is 2.00 bits per heavy atom. The van der Waals surface area contributed by atoms with Gasteiger partial charge in [0, 0.05) is 57.2 Å². The van der Waals surface area contributed by atoms with Gasteiger partial charge in [0.15, 0.2) is 0 Å². The summed E-state index contributed by atoms with van der Waals surface area (Å²) in [4.78, 5) is 40.1. The molecule has 0 aromatic heterocycles. The lowest BCUT2D eigenvalue weighted by Crippen LogP contribution is -2.52. The molecule has 3 fully saturated rings. The molecule has 3 saturated heterocycles. The van der Waals surface area contributed by atoms with Crippen molar-refractivity contribution < 1.29 is 27.6 Å². The first-order valence-corrected chi connectivity index (χ1v) is 10.4. The fourth-order valence-corrected chi connectivity index (χ4v) is 5.61. The number of nitrogens with one attached hydrogen (secondary N) is 2. The van der Waals surface area contributed by atoms with Crippen molar-refractivity contribution in [1.29, 1.82) is 0 Å². The summed E-state index contributed by atoms with van der Waals surface area (Å²) in [5.74, 6) is -1.63. The molecule has 166 valence electrons. The maximum Gasteiger partial charge on any atom is 0.397 e. The van der Waals surface area contributed by atoms with Crippen molar-refractivity contribution in [3.05, 3.63) is 34.9 Å². The Labute approximate surface area is 176 Å². The molecule has 0 radical (unpaired) electrons. The van der Waals surface area contributed by atoms with Crippen molar-refractivity contribution in [2.75, 3.05) is 26.2 Å². The molecule has 4 aliphatic heterocycles. The molecule has 1 aromatic rings. The zero-order valence-corrected chi connectivity index (χ0v) is 16.8. The van der Waals surface area contributed by atoms with E-state index < -0.39 is 29.5 Å². The predicted octanol–water partition coefficient (Wildman–Crippen LogP) is 1.03. The Hall–Kier alpha value is -2.46. The molecule has 10 heteroatoms. The van der Waals surface area contributed by atoms with Gasteiger partial charge in [-0.05, 0) is 17.5 Å². The van der Waals surface area contributed by atoms with E-state index in [9.17, 15) is 27.6 Å². The lowest BCUT2D eigenvalue weighted by atomic mass is 9.80. The average molecular weight is 436 g/mol. The highest BCUT2D eigenvalue weighted by molar-refractivity contribution is 6.05. The van der Waals surface area contributed by atoms with Crippen molar-refractivity contribution in [2.45, 2.75) is 38.1 Å². The first kappa shape index (κ1) is 20.4. The third-order valence-corrected chi connectivity index (χ3v) is 7.19. The average Bonchev–Trinajstić information content (AvgIpc) is 3.33. The Balaban J connectivity index is 1.37. The van der Waals surface area contributed by atoms with Gasteiger partial charge in [0.2, 0.25) is 11.8 Å². The summed E-state index contributed by atoms with van der Waals surface area (Å²) in [7, 11) is 0. The molecule has 0 spiro atoms. The molecule has 3 atom stereocenters. The van der Waals surface area contributed by atoms with Crippen LogP contribution in [0.5, 0.6) is 0 Å². The molecular weight excluding hydrogens is 413 g/mol. The van der Waals surface area contributed by atoms with Crippen LogP contribution in [0.2, 0.25) is 0 Å². The van der Waals surface area contributed by atoms with Gasteiger partial charge in [-0.2, -0.15) is 13.2 Å². The second kappa shape index (κ2) is 7.03. The Bertz CT molecular complexity index is 966. The Morgan fingerprint density at radius 1 is 1.19 bits per heavy atom. The maximum absolute atomic E-state index is 13.8. The van der Waals surface area contributed by atoms with E-state index >= 15 is 0 Å². The fourth-order valence-electron chi connectivity index (χ4n) is 5.61. The molecule has 5 rings (SSSR count). The molecule has 3 amide bonds. The zero-order valence-electron chi connectivity index (χ0n) is 16.8. The number of carbonyl (C=O) groups excluding carboxylic acids is 3. The van der Waals surface area contributed by atoms with E-state index in [-0.39, 0.29) is 50.8 Å². The molecule has 31 heavy (non-hydrogen) atoms. The van der Waals surface area contributed by atoms with Crippen LogP contribution in [0.4, 0.5) is 13.2 Å². The highest BCUT2D eigenvalue weighted by atomic mass is 19.4. The number of alkyl halides is 3. The van der Waals surface area contributed by atoms with Crippen LogP contribution >= 0.6 is 0 Å². The molecule has 4 aliphatic rings. The number of hydrogen-bond donors (Lipinski definition) is 2. The largest absolute Gasteiger partial charge is 0.397 e. The standard InChI is InChI=1S/C21H23F3N4O3/c22-21(23,24)20-10-25-6-14(20)9-27(11-20)7-12-2-1-3-13-8-28(19(31)17(12)13)15-4-5-16(29)26-18(15)30/h1-3,14-15,25H,4-11H2,(H,26,29,30)/t14-,15?,20-/m1/s1. The van der Waals surface area contributed by atoms with Gasteiger partial charge in [-0.25, -0.2) is 0 Å². The summed E-state index contributed by atoms with van der Waals surface area (Å²) >= 11 is 0. The van der Waals surface area contributed by atoms with E-state index in [1.54, 1.807) is 17.0 Å². The minimum Gasteiger partial charge on any atom is -0.322 e. The summed E-state index contributed by atoms with van der Waals surface area (Å²) in [5, 5.41) is 5.16. The second-order valence-electron chi connectivity index (χ2n) is 9.00. The number of nitrogens with zero attached hydrogens (tertiary/aromatic N) is 2. The van der Waals surface area contributed by atoms with Gasteiger partial charge in [0.1, 0.15) is 6.04 Å². The smallest absolute Gasteiger partial charge is 0.322 e. The number of hydrogen-bond acceptors (Lipinski definition) is 5. The molecule has 1 unspecified atom stereocenters. The lowest BCUT2D eigenvalue weighted by molar-refractivity contribution is -0.221. The number of benzene rings is 1. The van der Waals surface area contributed by atoms with Crippen LogP contribution in [0.15, 0.2) is 18.2 Å². The van der Waals surface area contributed by atoms with Crippen LogP contribution in [-0.2, 0) is 22.7 Å². The predicted molar refractivity (Wildman–Crippen MR) is 103 cm³/mol. The van der Waals surface area contributed by atoms with Gasteiger partial charge in [-0.1, -0.05) is 18.2 Å². The number of rotatable bonds is 3. The first-order chi connectivity index (χ1) is 14.7. The van der Waals surface area contributed by atoms with Crippen molar-refractivity contribution in [3.63, 3.8) is 0 Å². The number of fused-ring (bicyclic) bond motifs is 2. The second-order valence-corrected chi connectivity index (χ2v) is 9.00. The van der Waals surface area contributed by atoms with Gasteiger partial charge in [-0.3, -0.25) is 24.6 Å². The third-order valence-electron chi connectivity index (χ3n) is 7.19. The fraction of sp³-hybridized carbons (Fsp3) is 0.571. The van der Waals surface area contributed by atoms with E-state index in [1.165, 1.54) is 4.90 Å². The van der Waals surface area contributed by atoms with Crippen molar-refractivity contribution in [3.8, 4) is 0 Å². The minimum atomic E-state index is -4.28. The van der Waals surface area contributed by atoms with Crippen molar-refractivity contribution in [1.82, 2.24) is 20.4 Å². The molecule has 0 bridgehead atoms. The Morgan fingerprint density at radius 3 is 2.71 bits per heavy atom. The van der Waals surface area contributed by atoms with E-state index in [2.05, 4.69) is 10.6 Å². The van der Waals surface area contributed by atoms with Crippen LogP contribution < -0.4 is 10.6 Å². The van der Waals surface area contributed by atoms with Crippen LogP contribution in [0.3, 0.4) is 0 Å². The van der Waals surface area contributed by atoms with Crippen LogP contribution in [0.1, 0.15) is 34.3 Å². The number of imide groups is 1. The SMILES string of the molecule is O=C1CCC(N2Cc3cccc(CN4C[C@H]5CNC[C@@]5(C(F)(F)F)C4)c3C2=O)C(=O)N1. The maximum atomic E-state index is 13.8. The van der Waals surface area contributed by atoms with Gasteiger partial charge in [0.25, 0.3) is 5.91 Å². The zero-order chi connectivity index (χ0) is 22.0. The highest BCUT2D eigenvalue weighted by Gasteiger charge is 2.64. The van der Waals surface area contributed by atoms with Crippen molar-refractivity contribution in [2.24, 2.45) is 11.3 Å². The summed E-state index contributed by atoms with van der Waals surface area (Å²) in [6.07, 6.45) is -3.84. The number of amides is 3. The monoisotopic (exact) mass is 436 g/mol. The number of piperidine rings is 1. The summed E-state index contributed by atoms with van der Waals surface area (Å²) in [6.45, 7) is 1.00. The third kappa shape index (κ3) is 3.15. The molecule has 0 saturated carbocycles. The van der Waals surface area contributed by atoms with Crippen LogP contribution in [0, 0.1) is 11.3 Å². The number of carbonyl (C=O) groups is 3. The van der Waals surface area contributed by atoms with Gasteiger partial charge < -0.3 is 10.2 Å². The molecule has 1 aromatic carbocycles. The van der Waals surface area contributed by atoms with E-state index in [4.69, 9.17) is 0 Å². The summed E-state index contributed by atoms with van der Waals surface area (Å²) in [5.41, 5.74) is 0.179. The van der Waals surface area contributed by atoms with Crippen molar-refractivity contribution >= 4 is 17.7 Å². The summed E-state index contributed by atoms with van der Waals surface area (Å²) in [6, 6.07) is 4.67. The highest BCUT2D eigenvalue weighted by Crippen LogP contribution is 2.51.